The summed E-state index contributed by atoms with van der Waals surface area (Å²) >= 11 is 0. The minimum absolute atomic E-state index is 0.0789. The van der Waals surface area contributed by atoms with Crippen LogP contribution in [0.3, 0.4) is 0 Å². The van der Waals surface area contributed by atoms with Gasteiger partial charge in [-0.25, -0.2) is 0 Å². The highest BCUT2D eigenvalue weighted by atomic mass is 16.5. The van der Waals surface area contributed by atoms with Crippen LogP contribution in [0.15, 0.2) is 54.6 Å². The summed E-state index contributed by atoms with van der Waals surface area (Å²) in [5, 5.41) is 0. The molecule has 0 aromatic heterocycles. The molecule has 6 atom stereocenters. The summed E-state index contributed by atoms with van der Waals surface area (Å²) in [6.45, 7) is 5.96. The molecule has 8 nitrogen and oxygen atoms in total. The predicted octanol–water partition coefficient (Wildman–Crippen LogP) is 3.81. The zero-order valence-electron chi connectivity index (χ0n) is 22.2. The van der Waals surface area contributed by atoms with E-state index in [0.717, 1.165) is 25.2 Å². The summed E-state index contributed by atoms with van der Waals surface area (Å²) in [4.78, 5) is 46.4. The lowest BCUT2D eigenvalue weighted by atomic mass is 9.85. The van der Waals surface area contributed by atoms with Crippen LogP contribution in [-0.4, -0.2) is 56.0 Å². The highest BCUT2D eigenvalue weighted by molar-refractivity contribution is 6.15. The number of para-hydroxylation sites is 1. The normalized spacial score (nSPS) is 29.1. The highest BCUT2D eigenvalue weighted by Gasteiger charge is 2.65. The quantitative estimate of drug-likeness (QED) is 0.302. The van der Waals surface area contributed by atoms with Crippen LogP contribution >= 0.6 is 0 Å². The minimum Gasteiger partial charge on any atom is -0.493 e. The number of benzene rings is 2. The second kappa shape index (κ2) is 9.19. The maximum absolute atomic E-state index is 13.9. The molecule has 6 unspecified atom stereocenters. The molecule has 8 heteroatoms. The van der Waals surface area contributed by atoms with Crippen molar-refractivity contribution in [3.05, 3.63) is 60.2 Å². The Morgan fingerprint density at radius 3 is 1.97 bits per heavy atom. The Morgan fingerprint density at radius 1 is 0.789 bits per heavy atom. The van der Waals surface area contributed by atoms with Crippen molar-refractivity contribution >= 4 is 29.1 Å². The number of imide groups is 1. The molecule has 2 aliphatic carbocycles. The van der Waals surface area contributed by atoms with E-state index in [4.69, 9.17) is 9.47 Å². The fourth-order valence-corrected chi connectivity index (χ4v) is 7.08. The SMILES string of the molecule is CCN(CC)c1ccc(N2C(=O)C(N3C(=O)C4C5C=CC(C5)C4C3=O)C2c2cccc(OC)c2OC)cc1. The molecule has 2 bridgehead atoms. The molecule has 2 aromatic rings. The van der Waals surface area contributed by atoms with Crippen molar-refractivity contribution in [2.24, 2.45) is 23.7 Å². The third-order valence-electron chi connectivity index (χ3n) is 8.86. The second-order valence-corrected chi connectivity index (χ2v) is 10.4. The summed E-state index contributed by atoms with van der Waals surface area (Å²) in [6, 6.07) is 11.8. The van der Waals surface area contributed by atoms with Gasteiger partial charge < -0.3 is 19.3 Å². The molecule has 3 fully saturated rings. The van der Waals surface area contributed by atoms with Crippen LogP contribution < -0.4 is 19.3 Å². The van der Waals surface area contributed by atoms with Gasteiger partial charge in [0, 0.05) is 30.0 Å². The zero-order valence-corrected chi connectivity index (χ0v) is 22.2. The molecule has 198 valence electrons. The molecule has 0 N–H and O–H groups in total. The van der Waals surface area contributed by atoms with Crippen LogP contribution in [0.5, 0.6) is 11.5 Å². The fraction of sp³-hybridized carbons (Fsp3) is 0.433. The number of carbonyl (C=O) groups is 3. The van der Waals surface area contributed by atoms with Crippen LogP contribution in [0, 0.1) is 23.7 Å². The smallest absolute Gasteiger partial charge is 0.253 e. The first-order chi connectivity index (χ1) is 18.4. The molecular weight excluding hydrogens is 482 g/mol. The van der Waals surface area contributed by atoms with Gasteiger partial charge in [0.2, 0.25) is 11.8 Å². The van der Waals surface area contributed by atoms with Gasteiger partial charge in [0.15, 0.2) is 11.5 Å². The Bertz CT molecular complexity index is 1290. The van der Waals surface area contributed by atoms with E-state index in [-0.39, 0.29) is 41.4 Å². The van der Waals surface area contributed by atoms with Crippen LogP contribution in [0.2, 0.25) is 0 Å². The Balaban J connectivity index is 1.41. The van der Waals surface area contributed by atoms with Gasteiger partial charge in [-0.1, -0.05) is 24.3 Å². The zero-order chi connectivity index (χ0) is 26.7. The fourth-order valence-electron chi connectivity index (χ4n) is 7.08. The lowest BCUT2D eigenvalue weighted by Crippen LogP contribution is -2.67. The first-order valence-corrected chi connectivity index (χ1v) is 13.4. The Hall–Kier alpha value is -3.81. The molecule has 2 saturated heterocycles. The average molecular weight is 516 g/mol. The maximum atomic E-state index is 13.9. The Kier molecular flexibility index (Phi) is 5.93. The molecular formula is C30H33N3O5. The van der Waals surface area contributed by atoms with Crippen molar-refractivity contribution in [1.29, 1.82) is 0 Å². The number of likely N-dealkylation sites (tertiary alicyclic amines) is 1. The molecule has 38 heavy (non-hydrogen) atoms. The lowest BCUT2D eigenvalue weighted by molar-refractivity contribution is -0.153. The molecule has 0 radical (unpaired) electrons. The summed E-state index contributed by atoms with van der Waals surface area (Å²) in [6.07, 6.45) is 4.97. The molecule has 2 aromatic carbocycles. The number of nitrogens with zero attached hydrogens (tertiary/aromatic N) is 3. The number of rotatable bonds is 8. The number of anilines is 2. The van der Waals surface area contributed by atoms with Crippen LogP contribution in [0.4, 0.5) is 11.4 Å². The standard InChI is InChI=1S/C30H33N3O5/c1-5-31(6-2)19-12-14-20(15-13-19)32-25(21-8-7-9-22(37-3)27(21)38-4)26(30(32)36)33-28(34)23-17-10-11-18(16-17)24(23)29(33)35/h7-15,17-18,23-26H,5-6,16H2,1-4H3. The van der Waals surface area contributed by atoms with Crippen molar-refractivity contribution in [2.75, 3.05) is 37.1 Å². The molecule has 2 aliphatic heterocycles. The molecule has 6 rings (SSSR count). The number of methoxy groups -OCH3 is 2. The van der Waals surface area contributed by atoms with Crippen molar-refractivity contribution in [3.8, 4) is 11.5 Å². The number of amides is 3. The van der Waals surface area contributed by atoms with E-state index in [1.807, 2.05) is 36.4 Å². The van der Waals surface area contributed by atoms with Gasteiger partial charge in [0.25, 0.3) is 5.91 Å². The van der Waals surface area contributed by atoms with E-state index in [2.05, 4.69) is 30.9 Å². The monoisotopic (exact) mass is 515 g/mol. The molecule has 1 saturated carbocycles. The van der Waals surface area contributed by atoms with E-state index < -0.39 is 12.1 Å². The first kappa shape index (κ1) is 24.5. The summed E-state index contributed by atoms with van der Waals surface area (Å²) in [5.41, 5.74) is 2.47. The van der Waals surface area contributed by atoms with Gasteiger partial charge >= 0.3 is 0 Å². The van der Waals surface area contributed by atoms with Gasteiger partial charge in [-0.15, -0.1) is 0 Å². The third-order valence-corrected chi connectivity index (χ3v) is 8.86. The summed E-state index contributed by atoms with van der Waals surface area (Å²) in [5.74, 6) is -0.262. The van der Waals surface area contributed by atoms with Gasteiger partial charge in [0.1, 0.15) is 6.04 Å². The average Bonchev–Trinajstić information content (AvgIpc) is 3.63. The number of allylic oxidation sites excluding steroid dienone is 2. The number of ether oxygens (including phenoxy) is 2. The lowest BCUT2D eigenvalue weighted by Gasteiger charge is -2.50. The third kappa shape index (κ3) is 3.32. The van der Waals surface area contributed by atoms with E-state index in [1.54, 1.807) is 25.2 Å². The largest absolute Gasteiger partial charge is 0.493 e. The number of fused-ring (bicyclic) bond motifs is 5. The van der Waals surface area contributed by atoms with Crippen molar-refractivity contribution in [3.63, 3.8) is 0 Å². The topological polar surface area (TPSA) is 79.4 Å². The summed E-state index contributed by atoms with van der Waals surface area (Å²) < 4.78 is 11.3. The molecule has 3 amide bonds. The number of β-lactam (4-membered cyclic amide) rings is 1. The van der Waals surface area contributed by atoms with E-state index in [0.29, 0.717) is 22.7 Å². The Morgan fingerprint density at radius 2 is 1.42 bits per heavy atom. The second-order valence-electron chi connectivity index (χ2n) is 10.4. The number of hydrogen-bond acceptors (Lipinski definition) is 6. The Labute approximate surface area is 222 Å². The van der Waals surface area contributed by atoms with Crippen molar-refractivity contribution in [1.82, 2.24) is 4.90 Å². The van der Waals surface area contributed by atoms with Gasteiger partial charge in [-0.3, -0.25) is 19.3 Å². The van der Waals surface area contributed by atoms with Crippen molar-refractivity contribution in [2.45, 2.75) is 32.4 Å². The van der Waals surface area contributed by atoms with E-state index in [1.165, 1.54) is 4.90 Å². The van der Waals surface area contributed by atoms with Crippen LogP contribution in [0.25, 0.3) is 0 Å². The van der Waals surface area contributed by atoms with Gasteiger partial charge in [-0.05, 0) is 62.4 Å². The van der Waals surface area contributed by atoms with Gasteiger partial charge in [0.05, 0.1) is 32.1 Å². The van der Waals surface area contributed by atoms with Crippen LogP contribution in [-0.2, 0) is 14.4 Å². The predicted molar refractivity (Wildman–Crippen MR) is 143 cm³/mol. The highest BCUT2D eigenvalue weighted by Crippen LogP contribution is 2.55. The number of carbonyl (C=O) groups excluding carboxylic acids is 3. The maximum Gasteiger partial charge on any atom is 0.253 e. The molecule has 4 aliphatic rings. The van der Waals surface area contributed by atoms with E-state index in [9.17, 15) is 14.4 Å². The first-order valence-electron chi connectivity index (χ1n) is 13.4. The van der Waals surface area contributed by atoms with Crippen LogP contribution in [0.1, 0.15) is 31.9 Å². The van der Waals surface area contributed by atoms with E-state index >= 15 is 0 Å². The summed E-state index contributed by atoms with van der Waals surface area (Å²) in [7, 11) is 3.12. The molecule has 0 spiro atoms. The minimum atomic E-state index is -0.927. The van der Waals surface area contributed by atoms with Gasteiger partial charge in [-0.2, -0.15) is 0 Å². The molecule has 2 heterocycles. The van der Waals surface area contributed by atoms with Crippen molar-refractivity contribution < 1.29 is 23.9 Å². The number of hydrogen-bond donors (Lipinski definition) is 0.